The summed E-state index contributed by atoms with van der Waals surface area (Å²) in [5.74, 6) is 0.786. The molecule has 0 atom stereocenters. The maximum atomic E-state index is 4.54. The minimum atomic E-state index is 0.786. The Morgan fingerprint density at radius 3 is 2.36 bits per heavy atom. The van der Waals surface area contributed by atoms with Gasteiger partial charge in [0.15, 0.2) is 5.82 Å². The van der Waals surface area contributed by atoms with Gasteiger partial charge in [-0.1, -0.05) is 48.6 Å². The normalized spacial score (nSPS) is 14.7. The fourth-order valence-corrected chi connectivity index (χ4v) is 2.82. The van der Waals surface area contributed by atoms with Crippen molar-refractivity contribution in [2.75, 3.05) is 13.1 Å². The minimum Gasteiger partial charge on any atom is -0.292 e. The van der Waals surface area contributed by atoms with Gasteiger partial charge in [0.2, 0.25) is 0 Å². The Labute approximate surface area is 129 Å². The molecule has 0 bridgehead atoms. The lowest BCUT2D eigenvalue weighted by atomic mass is 10.1. The highest BCUT2D eigenvalue weighted by Crippen LogP contribution is 2.21. The molecule has 0 saturated heterocycles. The van der Waals surface area contributed by atoms with Gasteiger partial charge in [0.05, 0.1) is 0 Å². The third-order valence-corrected chi connectivity index (χ3v) is 4.01. The van der Waals surface area contributed by atoms with Gasteiger partial charge in [0, 0.05) is 43.2 Å². The lowest BCUT2D eigenvalue weighted by Gasteiger charge is -2.14. The minimum absolute atomic E-state index is 0.786. The van der Waals surface area contributed by atoms with E-state index < -0.39 is 0 Å². The standard InChI is InChI=1S/C19H17N3/c1-2-6-17-11-18(8-7-16(17)5-1)19-20-12-15(13-21-19)14-22-9-3-4-10-22/h1-8,11-13H,9-10,14H2. The fourth-order valence-electron chi connectivity index (χ4n) is 2.82. The lowest BCUT2D eigenvalue weighted by Crippen LogP contribution is -2.19. The molecule has 0 amide bonds. The largest absolute Gasteiger partial charge is 0.292 e. The van der Waals surface area contributed by atoms with E-state index in [1.807, 2.05) is 12.4 Å². The van der Waals surface area contributed by atoms with Gasteiger partial charge in [0.25, 0.3) is 0 Å². The summed E-state index contributed by atoms with van der Waals surface area (Å²) in [4.78, 5) is 11.4. The van der Waals surface area contributed by atoms with E-state index in [0.29, 0.717) is 0 Å². The van der Waals surface area contributed by atoms with Crippen LogP contribution in [0, 0.1) is 0 Å². The first-order valence-corrected chi connectivity index (χ1v) is 7.56. The summed E-state index contributed by atoms with van der Waals surface area (Å²) in [6.07, 6.45) is 8.28. The molecule has 1 aromatic heterocycles. The first kappa shape index (κ1) is 13.2. The SMILES string of the molecule is C1=CCN(Cc2cnc(-c3ccc4ccccc4c3)nc2)C1. The van der Waals surface area contributed by atoms with E-state index in [0.717, 1.165) is 36.6 Å². The summed E-state index contributed by atoms with van der Waals surface area (Å²) in [5, 5.41) is 2.46. The molecule has 1 aliphatic rings. The molecule has 0 aliphatic carbocycles. The molecule has 3 aromatic rings. The van der Waals surface area contributed by atoms with Crippen molar-refractivity contribution >= 4 is 10.8 Å². The van der Waals surface area contributed by atoms with Gasteiger partial charge in [0.1, 0.15) is 0 Å². The summed E-state index contributed by atoms with van der Waals surface area (Å²) in [7, 11) is 0. The summed E-state index contributed by atoms with van der Waals surface area (Å²) in [5.41, 5.74) is 2.22. The second-order valence-corrected chi connectivity index (χ2v) is 5.64. The summed E-state index contributed by atoms with van der Waals surface area (Å²) in [6, 6.07) is 14.7. The molecule has 1 aliphatic heterocycles. The average molecular weight is 287 g/mol. The second-order valence-electron chi connectivity index (χ2n) is 5.64. The van der Waals surface area contributed by atoms with Crippen LogP contribution < -0.4 is 0 Å². The molecule has 0 N–H and O–H groups in total. The topological polar surface area (TPSA) is 29.0 Å². The molecule has 22 heavy (non-hydrogen) atoms. The molecule has 108 valence electrons. The molecule has 0 unspecified atom stereocenters. The Kier molecular flexibility index (Phi) is 3.41. The number of aromatic nitrogens is 2. The van der Waals surface area contributed by atoms with E-state index >= 15 is 0 Å². The third-order valence-electron chi connectivity index (χ3n) is 4.01. The van der Waals surface area contributed by atoms with Gasteiger partial charge in [-0.3, -0.25) is 4.90 Å². The molecule has 2 heterocycles. The molecule has 4 rings (SSSR count). The Morgan fingerprint density at radius 2 is 1.59 bits per heavy atom. The number of hydrogen-bond acceptors (Lipinski definition) is 3. The zero-order valence-corrected chi connectivity index (χ0v) is 12.3. The van der Waals surface area contributed by atoms with E-state index in [1.54, 1.807) is 0 Å². The van der Waals surface area contributed by atoms with Crippen LogP contribution in [-0.2, 0) is 6.54 Å². The van der Waals surface area contributed by atoms with Crippen LogP contribution in [0.3, 0.4) is 0 Å². The highest BCUT2D eigenvalue weighted by molar-refractivity contribution is 5.86. The summed E-state index contributed by atoms with van der Waals surface area (Å²) in [6.45, 7) is 2.95. The maximum Gasteiger partial charge on any atom is 0.159 e. The average Bonchev–Trinajstić information content (AvgIpc) is 3.08. The number of rotatable bonds is 3. The number of benzene rings is 2. The van der Waals surface area contributed by atoms with Crippen molar-refractivity contribution in [3.05, 3.63) is 72.6 Å². The van der Waals surface area contributed by atoms with Gasteiger partial charge in [-0.05, 0) is 16.8 Å². The van der Waals surface area contributed by atoms with Crippen molar-refractivity contribution < 1.29 is 0 Å². The molecule has 0 radical (unpaired) electrons. The van der Waals surface area contributed by atoms with Crippen LogP contribution in [0.25, 0.3) is 22.2 Å². The van der Waals surface area contributed by atoms with E-state index in [9.17, 15) is 0 Å². The van der Waals surface area contributed by atoms with Crippen molar-refractivity contribution in [1.82, 2.24) is 14.9 Å². The van der Waals surface area contributed by atoms with Gasteiger partial charge in [-0.15, -0.1) is 0 Å². The molecular formula is C19H17N3. The summed E-state index contributed by atoms with van der Waals surface area (Å²) >= 11 is 0. The zero-order chi connectivity index (χ0) is 14.8. The van der Waals surface area contributed by atoms with Crippen LogP contribution >= 0.6 is 0 Å². The molecule has 3 nitrogen and oxygen atoms in total. The van der Waals surface area contributed by atoms with Gasteiger partial charge in [-0.2, -0.15) is 0 Å². The van der Waals surface area contributed by atoms with E-state index in [4.69, 9.17) is 0 Å². The number of fused-ring (bicyclic) bond motifs is 1. The molecule has 3 heteroatoms. The monoisotopic (exact) mass is 287 g/mol. The highest BCUT2D eigenvalue weighted by Gasteiger charge is 2.08. The number of nitrogens with zero attached hydrogens (tertiary/aromatic N) is 3. The highest BCUT2D eigenvalue weighted by atomic mass is 15.1. The van der Waals surface area contributed by atoms with E-state index in [1.165, 1.54) is 10.8 Å². The maximum absolute atomic E-state index is 4.54. The van der Waals surface area contributed by atoms with Gasteiger partial charge < -0.3 is 0 Å². The molecule has 2 aromatic carbocycles. The fraction of sp³-hybridized carbons (Fsp3) is 0.158. The Hall–Kier alpha value is -2.52. The second kappa shape index (κ2) is 5.70. The smallest absolute Gasteiger partial charge is 0.159 e. The van der Waals surface area contributed by atoms with Crippen molar-refractivity contribution in [3.8, 4) is 11.4 Å². The van der Waals surface area contributed by atoms with Crippen LogP contribution in [-0.4, -0.2) is 28.0 Å². The number of hydrogen-bond donors (Lipinski definition) is 0. The van der Waals surface area contributed by atoms with Crippen LogP contribution in [0.1, 0.15) is 5.56 Å². The Balaban J connectivity index is 1.58. The summed E-state index contributed by atoms with van der Waals surface area (Å²) < 4.78 is 0. The molecular weight excluding hydrogens is 270 g/mol. The molecule has 0 saturated carbocycles. The van der Waals surface area contributed by atoms with Crippen LogP contribution in [0.5, 0.6) is 0 Å². The molecule has 0 fully saturated rings. The quantitative estimate of drug-likeness (QED) is 0.688. The first-order valence-electron chi connectivity index (χ1n) is 7.56. The zero-order valence-electron chi connectivity index (χ0n) is 12.3. The van der Waals surface area contributed by atoms with Crippen molar-refractivity contribution in [2.45, 2.75) is 6.54 Å². The van der Waals surface area contributed by atoms with Crippen LogP contribution in [0.2, 0.25) is 0 Å². The Morgan fingerprint density at radius 1 is 0.864 bits per heavy atom. The van der Waals surface area contributed by atoms with Crippen molar-refractivity contribution in [1.29, 1.82) is 0 Å². The predicted octanol–water partition coefficient (Wildman–Crippen LogP) is 3.67. The van der Waals surface area contributed by atoms with Crippen molar-refractivity contribution in [3.63, 3.8) is 0 Å². The van der Waals surface area contributed by atoms with Crippen LogP contribution in [0.4, 0.5) is 0 Å². The third kappa shape index (κ3) is 2.63. The first-order chi connectivity index (χ1) is 10.9. The van der Waals surface area contributed by atoms with Crippen molar-refractivity contribution in [2.24, 2.45) is 0 Å². The van der Waals surface area contributed by atoms with E-state index in [-0.39, 0.29) is 0 Å². The van der Waals surface area contributed by atoms with Gasteiger partial charge >= 0.3 is 0 Å². The van der Waals surface area contributed by atoms with E-state index in [2.05, 4.69) is 69.5 Å². The van der Waals surface area contributed by atoms with Gasteiger partial charge in [-0.25, -0.2) is 9.97 Å². The predicted molar refractivity (Wildman–Crippen MR) is 89.4 cm³/mol. The lowest BCUT2D eigenvalue weighted by molar-refractivity contribution is 0.344. The molecule has 0 spiro atoms. The van der Waals surface area contributed by atoms with Crippen LogP contribution in [0.15, 0.2) is 67.0 Å². The Bertz CT molecular complexity index is 813.